The monoisotopic (exact) mass is 449 g/mol. The van der Waals surface area contributed by atoms with Crippen molar-refractivity contribution in [1.29, 1.82) is 0 Å². The van der Waals surface area contributed by atoms with E-state index in [-0.39, 0.29) is 29.7 Å². The minimum absolute atomic E-state index is 0.00778. The summed E-state index contributed by atoms with van der Waals surface area (Å²) in [5.41, 5.74) is 0.923. The summed E-state index contributed by atoms with van der Waals surface area (Å²) in [4.78, 5) is 28.1. The van der Waals surface area contributed by atoms with E-state index in [0.29, 0.717) is 28.9 Å². The van der Waals surface area contributed by atoms with Crippen molar-refractivity contribution in [3.8, 4) is 11.5 Å². The lowest BCUT2D eigenvalue weighted by Crippen LogP contribution is -2.37. The van der Waals surface area contributed by atoms with E-state index in [1.165, 1.54) is 24.1 Å². The topological polar surface area (TPSA) is 109 Å². The Bertz CT molecular complexity index is 1250. The van der Waals surface area contributed by atoms with E-state index in [2.05, 4.69) is 0 Å². The zero-order valence-corrected chi connectivity index (χ0v) is 18.0. The molecule has 0 aliphatic carbocycles. The van der Waals surface area contributed by atoms with E-state index < -0.39 is 23.5 Å². The number of phenols is 1. The van der Waals surface area contributed by atoms with Crippen LogP contribution in [0.15, 0.2) is 64.3 Å². The summed E-state index contributed by atoms with van der Waals surface area (Å²) in [7, 11) is 1.51. The molecule has 3 heterocycles. The highest BCUT2D eigenvalue weighted by molar-refractivity contribution is 6.16. The average molecular weight is 449 g/mol. The van der Waals surface area contributed by atoms with Gasteiger partial charge in [-0.1, -0.05) is 24.3 Å². The van der Waals surface area contributed by atoms with Crippen molar-refractivity contribution < 1.29 is 33.7 Å². The highest BCUT2D eigenvalue weighted by atomic mass is 16.5. The second-order valence-corrected chi connectivity index (χ2v) is 8.17. The van der Waals surface area contributed by atoms with Gasteiger partial charge in [-0.2, -0.15) is 0 Å². The van der Waals surface area contributed by atoms with Crippen molar-refractivity contribution in [2.75, 3.05) is 20.3 Å². The summed E-state index contributed by atoms with van der Waals surface area (Å²) in [6, 6.07) is 12.2. The number of aromatic hydroxyl groups is 1. The standard InChI is InChI=1S/C25H23NO7/c1-31-18-6-2-4-15-12-19(33-24(15)18)22(28)20-21(14-7-9-16(27)10-8-14)26(25(30)23(20)29)13-17-5-3-11-32-17/h2,4,6-10,12,17,21,27,29H,3,5,11,13H2,1H3. The number of Topliss-reactive ketones (excluding diaryl/α,β-unsaturated/α-hetero) is 1. The minimum atomic E-state index is -0.843. The number of carbonyl (C=O) groups excluding carboxylic acids is 2. The number of amides is 1. The normalized spacial score (nSPS) is 20.8. The molecule has 0 bridgehead atoms. The Labute approximate surface area is 189 Å². The van der Waals surface area contributed by atoms with Crippen LogP contribution in [0.4, 0.5) is 0 Å². The molecule has 2 N–H and O–H groups in total. The van der Waals surface area contributed by atoms with Crippen molar-refractivity contribution in [2.24, 2.45) is 0 Å². The molecule has 8 heteroatoms. The number of benzene rings is 2. The highest BCUT2D eigenvalue weighted by Gasteiger charge is 2.45. The maximum Gasteiger partial charge on any atom is 0.290 e. The van der Waals surface area contributed by atoms with E-state index in [1.807, 2.05) is 0 Å². The molecule has 3 aromatic rings. The van der Waals surface area contributed by atoms with Gasteiger partial charge in [-0.3, -0.25) is 9.59 Å². The molecule has 1 aromatic heterocycles. The van der Waals surface area contributed by atoms with Crippen LogP contribution in [-0.2, 0) is 9.53 Å². The number of rotatable bonds is 6. The number of furan rings is 1. The van der Waals surface area contributed by atoms with Crippen LogP contribution >= 0.6 is 0 Å². The van der Waals surface area contributed by atoms with Gasteiger partial charge in [-0.05, 0) is 42.7 Å². The number of aliphatic hydroxyl groups excluding tert-OH is 1. The number of ketones is 1. The zero-order valence-electron chi connectivity index (χ0n) is 18.0. The number of aliphatic hydroxyl groups is 1. The molecule has 2 aromatic carbocycles. The number of para-hydroxylation sites is 1. The second-order valence-electron chi connectivity index (χ2n) is 8.17. The third-order valence-electron chi connectivity index (χ3n) is 6.13. The van der Waals surface area contributed by atoms with Gasteiger partial charge < -0.3 is 29.0 Å². The van der Waals surface area contributed by atoms with Gasteiger partial charge in [0.1, 0.15) is 5.75 Å². The number of fused-ring (bicyclic) bond motifs is 1. The smallest absolute Gasteiger partial charge is 0.290 e. The van der Waals surface area contributed by atoms with Gasteiger partial charge in [0.05, 0.1) is 24.8 Å². The number of hydrogen-bond donors (Lipinski definition) is 2. The van der Waals surface area contributed by atoms with Crippen molar-refractivity contribution in [2.45, 2.75) is 25.0 Å². The lowest BCUT2D eigenvalue weighted by molar-refractivity contribution is -0.131. The molecular weight excluding hydrogens is 426 g/mol. The Morgan fingerprint density at radius 1 is 1.18 bits per heavy atom. The van der Waals surface area contributed by atoms with E-state index in [9.17, 15) is 19.8 Å². The lowest BCUT2D eigenvalue weighted by Gasteiger charge is -2.28. The molecule has 1 fully saturated rings. The lowest BCUT2D eigenvalue weighted by atomic mass is 9.94. The van der Waals surface area contributed by atoms with E-state index in [1.54, 1.807) is 36.4 Å². The first-order valence-electron chi connectivity index (χ1n) is 10.7. The molecular formula is C25H23NO7. The molecule has 5 rings (SSSR count). The van der Waals surface area contributed by atoms with Gasteiger partial charge in [0.15, 0.2) is 22.9 Å². The highest BCUT2D eigenvalue weighted by Crippen LogP contribution is 2.41. The van der Waals surface area contributed by atoms with Gasteiger partial charge in [0.2, 0.25) is 5.78 Å². The third kappa shape index (κ3) is 3.62. The molecule has 170 valence electrons. The fraction of sp³-hybridized carbons (Fsp3) is 0.280. The van der Waals surface area contributed by atoms with Crippen LogP contribution in [0.5, 0.6) is 11.5 Å². The van der Waals surface area contributed by atoms with Crippen LogP contribution in [0.1, 0.15) is 35.0 Å². The number of nitrogens with zero attached hydrogens (tertiary/aromatic N) is 1. The maximum absolute atomic E-state index is 13.6. The molecule has 2 atom stereocenters. The molecule has 0 spiro atoms. The number of hydrogen-bond acceptors (Lipinski definition) is 7. The molecule has 2 aliphatic heterocycles. The number of ether oxygens (including phenoxy) is 2. The van der Waals surface area contributed by atoms with Gasteiger partial charge >= 0.3 is 0 Å². The molecule has 2 unspecified atom stereocenters. The Morgan fingerprint density at radius 2 is 1.97 bits per heavy atom. The van der Waals surface area contributed by atoms with Crippen molar-refractivity contribution in [3.63, 3.8) is 0 Å². The minimum Gasteiger partial charge on any atom is -0.508 e. The van der Waals surface area contributed by atoms with Crippen LogP contribution in [-0.4, -0.2) is 53.2 Å². The first kappa shape index (κ1) is 21.1. The van der Waals surface area contributed by atoms with E-state index in [4.69, 9.17) is 13.9 Å². The molecule has 1 saturated heterocycles. The Morgan fingerprint density at radius 3 is 2.67 bits per heavy atom. The van der Waals surface area contributed by atoms with E-state index in [0.717, 1.165) is 12.8 Å². The maximum atomic E-state index is 13.6. The molecule has 1 amide bonds. The summed E-state index contributed by atoms with van der Waals surface area (Å²) in [6.07, 6.45) is 1.51. The number of phenolic OH excluding ortho intramolecular Hbond substituents is 1. The van der Waals surface area contributed by atoms with Gasteiger partial charge in [0.25, 0.3) is 5.91 Å². The predicted octanol–water partition coefficient (Wildman–Crippen LogP) is 3.90. The summed E-state index contributed by atoms with van der Waals surface area (Å²) in [5.74, 6) is -1.32. The molecule has 0 saturated carbocycles. The Hall–Kier alpha value is -3.78. The number of carbonyl (C=O) groups is 2. The van der Waals surface area contributed by atoms with Gasteiger partial charge in [-0.25, -0.2) is 0 Å². The summed E-state index contributed by atoms with van der Waals surface area (Å²) in [5, 5.41) is 21.2. The molecule has 33 heavy (non-hydrogen) atoms. The molecule has 2 aliphatic rings. The summed E-state index contributed by atoms with van der Waals surface area (Å²) < 4.78 is 16.8. The predicted molar refractivity (Wildman–Crippen MR) is 118 cm³/mol. The average Bonchev–Trinajstić information content (AvgIpc) is 3.54. The molecule has 0 radical (unpaired) electrons. The van der Waals surface area contributed by atoms with Crippen LogP contribution in [0.3, 0.4) is 0 Å². The first-order chi connectivity index (χ1) is 16.0. The van der Waals surface area contributed by atoms with Gasteiger partial charge in [-0.15, -0.1) is 0 Å². The van der Waals surface area contributed by atoms with E-state index >= 15 is 0 Å². The fourth-order valence-electron chi connectivity index (χ4n) is 4.53. The summed E-state index contributed by atoms with van der Waals surface area (Å²) in [6.45, 7) is 0.849. The van der Waals surface area contributed by atoms with Crippen molar-refractivity contribution in [3.05, 3.63) is 71.2 Å². The third-order valence-corrected chi connectivity index (χ3v) is 6.13. The zero-order chi connectivity index (χ0) is 23.1. The van der Waals surface area contributed by atoms with Crippen LogP contribution in [0, 0.1) is 0 Å². The summed E-state index contributed by atoms with van der Waals surface area (Å²) >= 11 is 0. The van der Waals surface area contributed by atoms with Crippen LogP contribution in [0.25, 0.3) is 11.0 Å². The quantitative estimate of drug-likeness (QED) is 0.549. The largest absolute Gasteiger partial charge is 0.508 e. The number of methoxy groups -OCH3 is 1. The fourth-order valence-corrected chi connectivity index (χ4v) is 4.53. The Balaban J connectivity index is 1.58. The first-order valence-corrected chi connectivity index (χ1v) is 10.7. The van der Waals surface area contributed by atoms with Crippen LogP contribution < -0.4 is 4.74 Å². The molecule has 8 nitrogen and oxygen atoms in total. The Kier molecular flexibility index (Phi) is 5.30. The van der Waals surface area contributed by atoms with Gasteiger partial charge in [0, 0.05) is 18.5 Å². The van der Waals surface area contributed by atoms with Crippen LogP contribution in [0.2, 0.25) is 0 Å². The SMILES string of the molecule is COc1cccc2cc(C(=O)C3=C(O)C(=O)N(CC4CCCO4)C3c3ccc(O)cc3)oc12. The van der Waals surface area contributed by atoms with Crippen molar-refractivity contribution in [1.82, 2.24) is 4.90 Å². The van der Waals surface area contributed by atoms with Crippen molar-refractivity contribution >= 4 is 22.7 Å². The second kappa shape index (κ2) is 8.29.